The van der Waals surface area contributed by atoms with Crippen molar-refractivity contribution in [3.05, 3.63) is 59.8 Å². The molecule has 0 amide bonds. The van der Waals surface area contributed by atoms with Crippen molar-refractivity contribution in [3.63, 3.8) is 0 Å². The van der Waals surface area contributed by atoms with Gasteiger partial charge in [-0.25, -0.2) is 4.98 Å². The van der Waals surface area contributed by atoms with Gasteiger partial charge in [-0.05, 0) is 46.9 Å². The Bertz CT molecular complexity index is 635. The average Bonchev–Trinajstić information content (AvgIpc) is 2.57. The highest BCUT2D eigenvalue weighted by Crippen LogP contribution is 2.32. The maximum absolute atomic E-state index is 10.9. The van der Waals surface area contributed by atoms with Crippen molar-refractivity contribution < 1.29 is 9.90 Å². The number of benzene rings is 1. The van der Waals surface area contributed by atoms with Gasteiger partial charge in [0.05, 0.1) is 5.92 Å². The van der Waals surface area contributed by atoms with Gasteiger partial charge < -0.3 is 10.8 Å². The van der Waals surface area contributed by atoms with Crippen LogP contribution in [0, 0.1) is 5.92 Å². The third-order valence-corrected chi connectivity index (χ3v) is 5.81. The number of aliphatic carboxylic acids is 1. The summed E-state index contributed by atoms with van der Waals surface area (Å²) in [6, 6.07) is 14.1. The normalized spacial score (nSPS) is 13.4. The molecule has 1 aromatic heterocycles. The van der Waals surface area contributed by atoms with Crippen molar-refractivity contribution in [2.24, 2.45) is 11.7 Å². The zero-order chi connectivity index (χ0) is 17.4. The predicted octanol–water partition coefficient (Wildman–Crippen LogP) is 4.00. The summed E-state index contributed by atoms with van der Waals surface area (Å²) in [5.74, 6) is -0.286. The van der Waals surface area contributed by atoms with Crippen LogP contribution in [0.25, 0.3) is 0 Å². The second-order valence-electron chi connectivity index (χ2n) is 5.77. The quantitative estimate of drug-likeness (QED) is 0.657. The number of carboxylic acids is 1. The zero-order valence-electron chi connectivity index (χ0n) is 13.6. The molecular weight excluding hydrogens is 340 g/mol. The van der Waals surface area contributed by atoms with Gasteiger partial charge in [0.25, 0.3) is 0 Å². The van der Waals surface area contributed by atoms with Crippen LogP contribution in [0.5, 0.6) is 0 Å². The molecule has 6 heteroatoms. The first-order chi connectivity index (χ1) is 11.5. The number of pyridine rings is 1. The van der Waals surface area contributed by atoms with Crippen LogP contribution >= 0.6 is 21.6 Å². The van der Waals surface area contributed by atoms with Gasteiger partial charge >= 0.3 is 5.97 Å². The predicted molar refractivity (Wildman–Crippen MR) is 101 cm³/mol. The minimum Gasteiger partial charge on any atom is -0.481 e. The molecule has 0 spiro atoms. The van der Waals surface area contributed by atoms with Crippen LogP contribution in [0.1, 0.15) is 24.5 Å². The van der Waals surface area contributed by atoms with E-state index in [0.29, 0.717) is 12.8 Å². The Morgan fingerprint density at radius 1 is 1.21 bits per heavy atom. The Hall–Kier alpha value is -1.50. The van der Waals surface area contributed by atoms with Crippen molar-refractivity contribution in [2.45, 2.75) is 36.6 Å². The first-order valence-electron chi connectivity index (χ1n) is 7.81. The lowest BCUT2D eigenvalue weighted by molar-refractivity contribution is -0.141. The molecule has 2 atom stereocenters. The largest absolute Gasteiger partial charge is 0.481 e. The Morgan fingerprint density at radius 2 is 1.92 bits per heavy atom. The van der Waals surface area contributed by atoms with Gasteiger partial charge in [0, 0.05) is 18.0 Å². The van der Waals surface area contributed by atoms with Gasteiger partial charge in [-0.15, -0.1) is 0 Å². The fourth-order valence-corrected chi connectivity index (χ4v) is 4.26. The highest BCUT2D eigenvalue weighted by atomic mass is 33.1. The second-order valence-corrected chi connectivity index (χ2v) is 8.09. The first kappa shape index (κ1) is 18.8. The summed E-state index contributed by atoms with van der Waals surface area (Å²) in [4.78, 5) is 15.1. The van der Waals surface area contributed by atoms with E-state index in [1.165, 1.54) is 5.56 Å². The standard InChI is InChI=1S/C18H22N2O2S2/c1-13(18(21)22)10-16(19)11-14-5-7-15(8-6-14)12-23-24-17-4-2-3-9-20-17/h2-9,13,16H,10-12,19H2,1H3,(H,21,22)/t13-,16+/m0/s1. The molecule has 0 fully saturated rings. The Kier molecular flexibility index (Phi) is 7.62. The van der Waals surface area contributed by atoms with E-state index >= 15 is 0 Å². The smallest absolute Gasteiger partial charge is 0.306 e. The summed E-state index contributed by atoms with van der Waals surface area (Å²) in [5.41, 5.74) is 8.44. The van der Waals surface area contributed by atoms with Crippen LogP contribution in [0.15, 0.2) is 53.7 Å². The summed E-state index contributed by atoms with van der Waals surface area (Å²) >= 11 is 0. The minimum absolute atomic E-state index is 0.129. The van der Waals surface area contributed by atoms with Crippen LogP contribution in [0.2, 0.25) is 0 Å². The lowest BCUT2D eigenvalue weighted by Gasteiger charge is -2.14. The van der Waals surface area contributed by atoms with Crippen molar-refractivity contribution >= 4 is 27.6 Å². The van der Waals surface area contributed by atoms with E-state index in [1.54, 1.807) is 34.7 Å². The number of nitrogens with zero attached hydrogens (tertiary/aromatic N) is 1. The lowest BCUT2D eigenvalue weighted by atomic mass is 9.96. The van der Waals surface area contributed by atoms with Gasteiger partial charge in [-0.1, -0.05) is 48.0 Å². The van der Waals surface area contributed by atoms with Crippen molar-refractivity contribution in [1.82, 2.24) is 4.98 Å². The van der Waals surface area contributed by atoms with Gasteiger partial charge in [0.15, 0.2) is 0 Å². The van der Waals surface area contributed by atoms with Gasteiger partial charge in [-0.3, -0.25) is 4.79 Å². The van der Waals surface area contributed by atoms with Crippen LogP contribution < -0.4 is 5.73 Å². The molecular formula is C18H22N2O2S2. The molecule has 0 saturated heterocycles. The number of rotatable bonds is 9. The summed E-state index contributed by atoms with van der Waals surface area (Å²) in [6.45, 7) is 1.70. The van der Waals surface area contributed by atoms with Crippen molar-refractivity contribution in [3.8, 4) is 0 Å². The molecule has 2 rings (SSSR count). The molecule has 0 radical (unpaired) electrons. The van der Waals surface area contributed by atoms with Crippen LogP contribution in [-0.2, 0) is 17.0 Å². The summed E-state index contributed by atoms with van der Waals surface area (Å²) < 4.78 is 0. The van der Waals surface area contributed by atoms with E-state index in [2.05, 4.69) is 29.2 Å². The summed E-state index contributed by atoms with van der Waals surface area (Å²) in [7, 11) is 3.42. The number of hydrogen-bond acceptors (Lipinski definition) is 5. The molecule has 0 aliphatic rings. The van der Waals surface area contributed by atoms with Gasteiger partial charge in [-0.2, -0.15) is 0 Å². The fourth-order valence-electron chi connectivity index (χ4n) is 2.27. The molecule has 24 heavy (non-hydrogen) atoms. The van der Waals surface area contributed by atoms with E-state index in [0.717, 1.165) is 16.3 Å². The maximum atomic E-state index is 10.9. The number of aromatic nitrogens is 1. The monoisotopic (exact) mass is 362 g/mol. The molecule has 4 nitrogen and oxygen atoms in total. The van der Waals surface area contributed by atoms with Crippen molar-refractivity contribution in [1.29, 1.82) is 0 Å². The second kappa shape index (κ2) is 9.71. The number of carbonyl (C=O) groups is 1. The number of carboxylic acid groups (broad SMARTS) is 1. The van der Waals surface area contributed by atoms with E-state index in [4.69, 9.17) is 10.8 Å². The average molecular weight is 363 g/mol. The third kappa shape index (κ3) is 6.55. The van der Waals surface area contributed by atoms with Crippen LogP contribution in [-0.4, -0.2) is 22.1 Å². The molecule has 0 aliphatic heterocycles. The topological polar surface area (TPSA) is 76.2 Å². The van der Waals surface area contributed by atoms with E-state index in [1.807, 2.05) is 18.2 Å². The highest BCUT2D eigenvalue weighted by Gasteiger charge is 2.15. The third-order valence-electron chi connectivity index (χ3n) is 3.61. The molecule has 1 aromatic carbocycles. The number of hydrogen-bond donors (Lipinski definition) is 2. The highest BCUT2D eigenvalue weighted by molar-refractivity contribution is 8.76. The van der Waals surface area contributed by atoms with Gasteiger partial charge in [0.1, 0.15) is 5.03 Å². The Labute approximate surface area is 150 Å². The lowest BCUT2D eigenvalue weighted by Crippen LogP contribution is -2.28. The number of nitrogens with two attached hydrogens (primary N) is 1. The molecule has 0 unspecified atom stereocenters. The molecule has 2 aromatic rings. The summed E-state index contributed by atoms with van der Waals surface area (Å²) in [5, 5.41) is 9.95. The Balaban J connectivity index is 1.77. The Morgan fingerprint density at radius 3 is 2.54 bits per heavy atom. The van der Waals surface area contributed by atoms with E-state index < -0.39 is 11.9 Å². The maximum Gasteiger partial charge on any atom is 0.306 e. The molecule has 0 aliphatic carbocycles. The van der Waals surface area contributed by atoms with E-state index in [-0.39, 0.29) is 6.04 Å². The molecule has 0 saturated carbocycles. The fraction of sp³-hybridized carbons (Fsp3) is 0.333. The van der Waals surface area contributed by atoms with Crippen molar-refractivity contribution in [2.75, 3.05) is 0 Å². The zero-order valence-corrected chi connectivity index (χ0v) is 15.2. The molecule has 1 heterocycles. The van der Waals surface area contributed by atoms with E-state index in [9.17, 15) is 4.79 Å². The first-order valence-corrected chi connectivity index (χ1v) is 10.1. The summed E-state index contributed by atoms with van der Waals surface area (Å²) in [6.07, 6.45) is 2.99. The molecule has 0 bridgehead atoms. The molecule has 3 N–H and O–H groups in total. The molecule has 128 valence electrons. The van der Waals surface area contributed by atoms with Crippen LogP contribution in [0.3, 0.4) is 0 Å². The minimum atomic E-state index is -0.789. The SMILES string of the molecule is C[C@@H](C[C@@H](N)Cc1ccc(CSSc2ccccn2)cc1)C(=O)O. The van der Waals surface area contributed by atoms with Crippen LogP contribution in [0.4, 0.5) is 0 Å². The van der Waals surface area contributed by atoms with Gasteiger partial charge in [0.2, 0.25) is 0 Å².